The topological polar surface area (TPSA) is 38.0 Å². The molecule has 0 aromatic heterocycles. The van der Waals surface area contributed by atoms with Crippen molar-refractivity contribution in [1.29, 1.82) is 0 Å². The lowest BCUT2D eigenvalue weighted by Crippen LogP contribution is -2.29. The van der Waals surface area contributed by atoms with Crippen molar-refractivity contribution >= 4 is 0 Å². The van der Waals surface area contributed by atoms with Crippen molar-refractivity contribution in [2.45, 2.75) is 71.3 Å². The Kier molecular flexibility index (Phi) is 7.87. The van der Waals surface area contributed by atoms with Gasteiger partial charge in [0.15, 0.2) is 0 Å². The van der Waals surface area contributed by atoms with Crippen LogP contribution in [0.1, 0.15) is 65.2 Å². The predicted octanol–water partition coefficient (Wildman–Crippen LogP) is 3.31. The molecule has 2 heteroatoms. The van der Waals surface area contributed by atoms with E-state index in [0.717, 1.165) is 24.8 Å². The first-order valence-electron chi connectivity index (χ1n) is 7.68. The van der Waals surface area contributed by atoms with Crippen molar-refractivity contribution in [3.05, 3.63) is 0 Å². The fourth-order valence-corrected chi connectivity index (χ4v) is 3.05. The van der Waals surface area contributed by atoms with Gasteiger partial charge in [-0.05, 0) is 44.2 Å². The van der Waals surface area contributed by atoms with Crippen LogP contribution >= 0.6 is 0 Å². The van der Waals surface area contributed by atoms with Gasteiger partial charge in [0.25, 0.3) is 0 Å². The Labute approximate surface area is 108 Å². The summed E-state index contributed by atoms with van der Waals surface area (Å²) in [7, 11) is 0. The van der Waals surface area contributed by atoms with Gasteiger partial charge in [0, 0.05) is 6.04 Å². The van der Waals surface area contributed by atoms with Gasteiger partial charge in [-0.1, -0.05) is 46.0 Å². The van der Waals surface area contributed by atoms with Gasteiger partial charge in [0.05, 0.1) is 0 Å². The van der Waals surface area contributed by atoms with Crippen LogP contribution in [0.5, 0.6) is 0 Å². The molecule has 0 spiro atoms. The second-order valence-corrected chi connectivity index (χ2v) is 6.03. The smallest absolute Gasteiger partial charge is 0.00508 e. The normalized spacial score (nSPS) is 20.6. The van der Waals surface area contributed by atoms with E-state index in [0.29, 0.717) is 6.04 Å². The van der Waals surface area contributed by atoms with Crippen LogP contribution in [0.3, 0.4) is 0 Å². The zero-order valence-corrected chi connectivity index (χ0v) is 11.9. The molecule has 0 bridgehead atoms. The van der Waals surface area contributed by atoms with Crippen LogP contribution in [0.4, 0.5) is 0 Å². The summed E-state index contributed by atoms with van der Waals surface area (Å²) in [5, 5.41) is 3.57. The minimum absolute atomic E-state index is 0.401. The maximum Gasteiger partial charge on any atom is 0.00508 e. The van der Waals surface area contributed by atoms with Gasteiger partial charge in [0.2, 0.25) is 0 Å². The summed E-state index contributed by atoms with van der Waals surface area (Å²) in [5.74, 6) is 1.86. The van der Waals surface area contributed by atoms with E-state index < -0.39 is 0 Å². The average Bonchev–Trinajstić information content (AvgIpc) is 2.77. The molecule has 0 heterocycles. The Morgan fingerprint density at radius 3 is 2.59 bits per heavy atom. The number of nitrogens with two attached hydrogens (primary N) is 1. The lowest BCUT2D eigenvalue weighted by atomic mass is 9.94. The highest BCUT2D eigenvalue weighted by Crippen LogP contribution is 2.29. The van der Waals surface area contributed by atoms with E-state index in [9.17, 15) is 0 Å². The highest BCUT2D eigenvalue weighted by molar-refractivity contribution is 4.71. The van der Waals surface area contributed by atoms with Gasteiger partial charge in [-0.15, -0.1) is 0 Å². The molecule has 1 rings (SSSR count). The molecule has 1 aliphatic carbocycles. The SMILES string of the molecule is CCCC(N)CCNCC(C)CC1CCCC1. The fraction of sp³-hybridized carbons (Fsp3) is 1.00. The standard InChI is InChI=1S/C15H32N2/c1-3-6-15(16)9-10-17-12-13(2)11-14-7-4-5-8-14/h13-15,17H,3-12,16H2,1-2H3. The van der Waals surface area contributed by atoms with Gasteiger partial charge < -0.3 is 11.1 Å². The van der Waals surface area contributed by atoms with Crippen LogP contribution < -0.4 is 11.1 Å². The third-order valence-corrected chi connectivity index (χ3v) is 4.05. The second kappa shape index (κ2) is 8.93. The Bertz CT molecular complexity index is 176. The molecule has 0 amide bonds. The summed E-state index contributed by atoms with van der Waals surface area (Å²) in [6.45, 7) is 6.86. The van der Waals surface area contributed by atoms with Crippen molar-refractivity contribution in [3.63, 3.8) is 0 Å². The maximum atomic E-state index is 5.99. The Morgan fingerprint density at radius 2 is 1.94 bits per heavy atom. The first kappa shape index (κ1) is 15.0. The highest BCUT2D eigenvalue weighted by Gasteiger charge is 2.17. The van der Waals surface area contributed by atoms with Gasteiger partial charge in [0.1, 0.15) is 0 Å². The fourth-order valence-electron chi connectivity index (χ4n) is 3.05. The minimum Gasteiger partial charge on any atom is -0.328 e. The van der Waals surface area contributed by atoms with Crippen molar-refractivity contribution < 1.29 is 0 Å². The summed E-state index contributed by atoms with van der Waals surface area (Å²) >= 11 is 0. The van der Waals surface area contributed by atoms with Crippen LogP contribution in [0.25, 0.3) is 0 Å². The minimum atomic E-state index is 0.401. The van der Waals surface area contributed by atoms with Crippen LogP contribution in [-0.4, -0.2) is 19.1 Å². The largest absolute Gasteiger partial charge is 0.328 e. The van der Waals surface area contributed by atoms with Gasteiger partial charge in [-0.2, -0.15) is 0 Å². The molecule has 1 aliphatic rings. The van der Waals surface area contributed by atoms with Crippen LogP contribution in [0, 0.1) is 11.8 Å². The summed E-state index contributed by atoms with van der Waals surface area (Å²) < 4.78 is 0. The van der Waals surface area contributed by atoms with Crippen LogP contribution in [0.15, 0.2) is 0 Å². The molecule has 1 fully saturated rings. The van der Waals surface area contributed by atoms with Crippen LogP contribution in [0.2, 0.25) is 0 Å². The molecule has 1 saturated carbocycles. The molecule has 17 heavy (non-hydrogen) atoms. The van der Waals surface area contributed by atoms with E-state index >= 15 is 0 Å². The van der Waals surface area contributed by atoms with Crippen LogP contribution in [-0.2, 0) is 0 Å². The summed E-state index contributed by atoms with van der Waals surface area (Å²) in [6, 6.07) is 0.401. The quantitative estimate of drug-likeness (QED) is 0.607. The lowest BCUT2D eigenvalue weighted by Gasteiger charge is -2.17. The number of hydrogen-bond acceptors (Lipinski definition) is 2. The Morgan fingerprint density at radius 1 is 1.24 bits per heavy atom. The highest BCUT2D eigenvalue weighted by atomic mass is 14.9. The predicted molar refractivity (Wildman–Crippen MR) is 76.1 cm³/mol. The van der Waals surface area contributed by atoms with E-state index in [1.807, 2.05) is 0 Å². The second-order valence-electron chi connectivity index (χ2n) is 6.03. The molecule has 0 aromatic carbocycles. The maximum absolute atomic E-state index is 5.99. The zero-order valence-electron chi connectivity index (χ0n) is 11.9. The van der Waals surface area contributed by atoms with E-state index in [1.165, 1.54) is 51.5 Å². The first-order chi connectivity index (χ1) is 8.22. The lowest BCUT2D eigenvalue weighted by molar-refractivity contribution is 0.377. The molecule has 0 aromatic rings. The molecule has 3 N–H and O–H groups in total. The van der Waals surface area contributed by atoms with E-state index in [-0.39, 0.29) is 0 Å². The van der Waals surface area contributed by atoms with Gasteiger partial charge >= 0.3 is 0 Å². The van der Waals surface area contributed by atoms with Crippen molar-refractivity contribution in [3.8, 4) is 0 Å². The van der Waals surface area contributed by atoms with Crippen molar-refractivity contribution in [2.75, 3.05) is 13.1 Å². The average molecular weight is 240 g/mol. The zero-order chi connectivity index (χ0) is 12.5. The third-order valence-electron chi connectivity index (χ3n) is 4.05. The molecule has 0 radical (unpaired) electrons. The summed E-state index contributed by atoms with van der Waals surface area (Å²) in [4.78, 5) is 0. The number of hydrogen-bond donors (Lipinski definition) is 2. The van der Waals surface area contributed by atoms with Crippen molar-refractivity contribution in [2.24, 2.45) is 17.6 Å². The monoisotopic (exact) mass is 240 g/mol. The molecule has 2 nitrogen and oxygen atoms in total. The van der Waals surface area contributed by atoms with Crippen molar-refractivity contribution in [1.82, 2.24) is 5.32 Å². The Balaban J connectivity index is 1.94. The van der Waals surface area contributed by atoms with E-state index in [1.54, 1.807) is 0 Å². The van der Waals surface area contributed by atoms with E-state index in [2.05, 4.69) is 19.2 Å². The van der Waals surface area contributed by atoms with E-state index in [4.69, 9.17) is 5.73 Å². The number of rotatable bonds is 9. The first-order valence-corrected chi connectivity index (χ1v) is 7.68. The molecular weight excluding hydrogens is 208 g/mol. The van der Waals surface area contributed by atoms with Gasteiger partial charge in [-0.3, -0.25) is 0 Å². The van der Waals surface area contributed by atoms with Gasteiger partial charge in [-0.25, -0.2) is 0 Å². The molecule has 2 unspecified atom stereocenters. The molecule has 0 aliphatic heterocycles. The molecule has 2 atom stereocenters. The molecule has 0 saturated heterocycles. The molecule has 102 valence electrons. The number of nitrogens with one attached hydrogen (secondary N) is 1. The summed E-state index contributed by atoms with van der Waals surface area (Å²) in [6.07, 6.45) is 10.8. The molecular formula is C15H32N2. The Hall–Kier alpha value is -0.0800. The third kappa shape index (κ3) is 7.05. The summed E-state index contributed by atoms with van der Waals surface area (Å²) in [5.41, 5.74) is 5.99.